The number of amides is 1. The number of carbonyl (C=O) groups excluding carboxylic acids is 1. The van der Waals surface area contributed by atoms with Crippen LogP contribution in [0.3, 0.4) is 0 Å². The average molecular weight is 404 g/mol. The Morgan fingerprint density at radius 2 is 1.76 bits per heavy atom. The van der Waals surface area contributed by atoms with Gasteiger partial charge < -0.3 is 9.55 Å². The zero-order valence-corrected chi connectivity index (χ0v) is 16.6. The Morgan fingerprint density at radius 3 is 2.62 bits per heavy atom. The van der Waals surface area contributed by atoms with Crippen molar-refractivity contribution in [3.05, 3.63) is 74.9 Å². The summed E-state index contributed by atoms with van der Waals surface area (Å²) in [5.41, 5.74) is 6.64. The number of nitrogens with zero attached hydrogens (tertiary/aromatic N) is 2. The van der Waals surface area contributed by atoms with E-state index < -0.39 is 0 Å². The standard InChI is InChI=1S/C22H20N4O2S/c27-20(24-26-21(28)16-9-1-4-10-17(16)23-22(26)29)13-25-18-11-5-2-7-14(18)15-8-3-6-12-19(15)25/h1-2,4-5,7,9-11H,3,6,8,12-13H2,(H,23,29)(H,24,27). The van der Waals surface area contributed by atoms with Gasteiger partial charge in [0.25, 0.3) is 11.5 Å². The van der Waals surface area contributed by atoms with Crippen LogP contribution in [0.5, 0.6) is 0 Å². The zero-order valence-electron chi connectivity index (χ0n) is 15.8. The smallest absolute Gasteiger partial charge is 0.281 e. The van der Waals surface area contributed by atoms with Gasteiger partial charge in [-0.2, -0.15) is 4.68 Å². The van der Waals surface area contributed by atoms with Gasteiger partial charge >= 0.3 is 0 Å². The van der Waals surface area contributed by atoms with Crippen molar-refractivity contribution in [2.24, 2.45) is 0 Å². The fourth-order valence-electron chi connectivity index (χ4n) is 4.34. The summed E-state index contributed by atoms with van der Waals surface area (Å²) in [6.07, 6.45) is 4.31. The fourth-order valence-corrected chi connectivity index (χ4v) is 4.57. The minimum absolute atomic E-state index is 0.143. The molecule has 29 heavy (non-hydrogen) atoms. The van der Waals surface area contributed by atoms with Gasteiger partial charge in [-0.1, -0.05) is 30.3 Å². The van der Waals surface area contributed by atoms with Crippen LogP contribution in [0.4, 0.5) is 0 Å². The van der Waals surface area contributed by atoms with Crippen molar-refractivity contribution in [3.63, 3.8) is 0 Å². The first-order chi connectivity index (χ1) is 14.1. The Kier molecular flexibility index (Phi) is 4.32. The molecule has 0 aliphatic heterocycles. The molecule has 5 rings (SSSR count). The highest BCUT2D eigenvalue weighted by molar-refractivity contribution is 7.71. The lowest BCUT2D eigenvalue weighted by molar-refractivity contribution is -0.117. The molecule has 0 saturated carbocycles. The van der Waals surface area contributed by atoms with Gasteiger partial charge in [-0.15, -0.1) is 0 Å². The first kappa shape index (κ1) is 17.9. The second-order valence-electron chi connectivity index (χ2n) is 7.39. The molecule has 2 aromatic heterocycles. The van der Waals surface area contributed by atoms with Crippen LogP contribution in [-0.2, 0) is 24.2 Å². The average Bonchev–Trinajstić information content (AvgIpc) is 3.05. The molecule has 1 aliphatic carbocycles. The number of para-hydroxylation sites is 2. The van der Waals surface area contributed by atoms with E-state index in [1.54, 1.807) is 18.2 Å². The summed E-state index contributed by atoms with van der Waals surface area (Å²) >= 11 is 5.29. The molecule has 0 bridgehead atoms. The minimum atomic E-state index is -0.336. The van der Waals surface area contributed by atoms with Crippen LogP contribution in [0.25, 0.3) is 21.8 Å². The number of fused-ring (bicyclic) bond motifs is 4. The van der Waals surface area contributed by atoms with E-state index in [0.717, 1.165) is 29.5 Å². The molecule has 0 fully saturated rings. The maximum Gasteiger partial charge on any atom is 0.281 e. The van der Waals surface area contributed by atoms with Crippen LogP contribution in [0, 0.1) is 4.77 Å². The molecule has 6 nitrogen and oxygen atoms in total. The van der Waals surface area contributed by atoms with Crippen LogP contribution >= 0.6 is 12.2 Å². The molecule has 7 heteroatoms. The van der Waals surface area contributed by atoms with Crippen molar-refractivity contribution >= 4 is 39.9 Å². The third-order valence-electron chi connectivity index (χ3n) is 5.63. The molecular weight excluding hydrogens is 384 g/mol. The van der Waals surface area contributed by atoms with Gasteiger partial charge in [-0.25, -0.2) is 0 Å². The number of carbonyl (C=O) groups is 1. The van der Waals surface area contributed by atoms with E-state index in [2.05, 4.69) is 27.1 Å². The van der Waals surface area contributed by atoms with Crippen LogP contribution in [0.1, 0.15) is 24.1 Å². The third kappa shape index (κ3) is 2.98. The highest BCUT2D eigenvalue weighted by atomic mass is 32.1. The molecule has 0 radical (unpaired) electrons. The predicted molar refractivity (Wildman–Crippen MR) is 116 cm³/mol. The molecule has 2 heterocycles. The van der Waals surface area contributed by atoms with Crippen LogP contribution in [0.2, 0.25) is 0 Å². The number of benzene rings is 2. The Bertz CT molecular complexity index is 1380. The van der Waals surface area contributed by atoms with Crippen molar-refractivity contribution in [3.8, 4) is 0 Å². The van der Waals surface area contributed by atoms with Crippen LogP contribution in [0.15, 0.2) is 53.3 Å². The highest BCUT2D eigenvalue weighted by Gasteiger charge is 2.21. The van der Waals surface area contributed by atoms with E-state index >= 15 is 0 Å². The molecule has 0 spiro atoms. The lowest BCUT2D eigenvalue weighted by atomic mass is 9.96. The van der Waals surface area contributed by atoms with Crippen molar-refractivity contribution < 1.29 is 4.79 Å². The Labute approximate surface area is 171 Å². The normalized spacial score (nSPS) is 13.5. The fraction of sp³-hybridized carbons (Fsp3) is 0.227. The molecule has 1 amide bonds. The monoisotopic (exact) mass is 404 g/mol. The van der Waals surface area contributed by atoms with Crippen LogP contribution < -0.4 is 11.0 Å². The van der Waals surface area contributed by atoms with Gasteiger partial charge in [0.1, 0.15) is 6.54 Å². The summed E-state index contributed by atoms with van der Waals surface area (Å²) in [5, 5.41) is 1.69. The van der Waals surface area contributed by atoms with Crippen molar-refractivity contribution in [2.75, 3.05) is 5.43 Å². The van der Waals surface area contributed by atoms with E-state index in [4.69, 9.17) is 12.2 Å². The van der Waals surface area contributed by atoms with E-state index in [9.17, 15) is 9.59 Å². The number of hydrogen-bond donors (Lipinski definition) is 2. The number of aryl methyl sites for hydroxylation is 1. The summed E-state index contributed by atoms with van der Waals surface area (Å²) in [6, 6.07) is 15.3. The molecule has 4 aromatic rings. The maximum atomic E-state index is 12.9. The third-order valence-corrected chi connectivity index (χ3v) is 5.91. The molecule has 146 valence electrons. The van der Waals surface area contributed by atoms with Gasteiger partial charge in [-0.05, 0) is 61.7 Å². The van der Waals surface area contributed by atoms with Gasteiger partial charge in [0.2, 0.25) is 0 Å². The van der Waals surface area contributed by atoms with Crippen molar-refractivity contribution in [1.29, 1.82) is 0 Å². The summed E-state index contributed by atoms with van der Waals surface area (Å²) in [4.78, 5) is 28.7. The summed E-state index contributed by atoms with van der Waals surface area (Å²) in [7, 11) is 0. The molecule has 0 atom stereocenters. The number of aromatic nitrogens is 3. The maximum absolute atomic E-state index is 12.9. The number of nitrogens with one attached hydrogen (secondary N) is 2. The molecular formula is C22H20N4O2S. The van der Waals surface area contributed by atoms with E-state index in [0.29, 0.717) is 10.9 Å². The van der Waals surface area contributed by atoms with Gasteiger partial charge in [0.05, 0.1) is 10.9 Å². The second-order valence-corrected chi connectivity index (χ2v) is 7.77. The SMILES string of the molecule is O=C(Cn1c2c(c3ccccc31)CCCC2)Nn1c(=S)[nH]c2ccccc2c1=O. The number of rotatable bonds is 3. The van der Waals surface area contributed by atoms with Gasteiger partial charge in [0, 0.05) is 16.6 Å². The Hall–Kier alpha value is -3.19. The van der Waals surface area contributed by atoms with E-state index in [1.807, 2.05) is 18.2 Å². The molecule has 0 unspecified atom stereocenters. The van der Waals surface area contributed by atoms with Gasteiger partial charge in [-0.3, -0.25) is 15.0 Å². The van der Waals surface area contributed by atoms with Crippen molar-refractivity contribution in [1.82, 2.24) is 14.2 Å². The largest absolute Gasteiger partial charge is 0.335 e. The van der Waals surface area contributed by atoms with Crippen molar-refractivity contribution in [2.45, 2.75) is 32.2 Å². The molecule has 2 aromatic carbocycles. The van der Waals surface area contributed by atoms with E-state index in [-0.39, 0.29) is 22.8 Å². The quantitative estimate of drug-likeness (QED) is 0.512. The first-order valence-electron chi connectivity index (χ1n) is 9.76. The highest BCUT2D eigenvalue weighted by Crippen LogP contribution is 2.32. The molecule has 2 N–H and O–H groups in total. The summed E-state index contributed by atoms with van der Waals surface area (Å²) in [6.45, 7) is 0.143. The van der Waals surface area contributed by atoms with E-state index in [1.165, 1.54) is 23.1 Å². The second kappa shape index (κ2) is 7.00. The summed E-state index contributed by atoms with van der Waals surface area (Å²) < 4.78 is 3.37. The summed E-state index contributed by atoms with van der Waals surface area (Å²) in [5.74, 6) is -0.281. The first-order valence-corrected chi connectivity index (χ1v) is 10.2. The minimum Gasteiger partial charge on any atom is -0.335 e. The van der Waals surface area contributed by atoms with Gasteiger partial charge in [0.15, 0.2) is 4.77 Å². The lowest BCUT2D eigenvalue weighted by Crippen LogP contribution is -2.36. The zero-order chi connectivity index (χ0) is 20.0. The topological polar surface area (TPSA) is 71.8 Å². The van der Waals surface area contributed by atoms with Crippen LogP contribution in [-0.4, -0.2) is 20.1 Å². The Morgan fingerprint density at radius 1 is 1.03 bits per heavy atom. The predicted octanol–water partition coefficient (Wildman–Crippen LogP) is 3.66. The number of aromatic amines is 1. The molecule has 0 saturated heterocycles. The lowest BCUT2D eigenvalue weighted by Gasteiger charge is -2.16. The number of hydrogen-bond acceptors (Lipinski definition) is 3. The molecule has 1 aliphatic rings. The number of H-pyrrole nitrogens is 1. The Balaban J connectivity index is 1.52.